The van der Waals surface area contributed by atoms with E-state index in [1.54, 1.807) is 23.7 Å². The maximum Gasteiger partial charge on any atom is 0.269 e. The summed E-state index contributed by atoms with van der Waals surface area (Å²) in [5.74, 6) is 0.606. The van der Waals surface area contributed by atoms with E-state index in [0.29, 0.717) is 24.5 Å². The monoisotopic (exact) mass is 460 g/mol. The normalized spacial score (nSPS) is 16.7. The minimum absolute atomic E-state index is 0.0437. The van der Waals surface area contributed by atoms with E-state index in [4.69, 9.17) is 9.72 Å². The van der Waals surface area contributed by atoms with Crippen molar-refractivity contribution < 1.29 is 14.3 Å². The van der Waals surface area contributed by atoms with Gasteiger partial charge in [-0.2, -0.15) is 5.10 Å². The highest BCUT2D eigenvalue weighted by Crippen LogP contribution is 2.32. The van der Waals surface area contributed by atoms with Crippen LogP contribution in [0.25, 0.3) is 33.1 Å². The fourth-order valence-corrected chi connectivity index (χ4v) is 4.50. The standard InChI is InChI=1S/C25H28N6O3/c1-14(17-10-23(32)26-12-17)34-24-18-13-30(4)28-20(18)11-19(27-24)15-6-7-16-9-22(25(33)29(2)3)31(5)21(16)8-15/h6-9,11,13-14,17H,10,12H2,1-5H3,(H,26,32)/t14?,17-/m1/s1. The molecule has 4 heterocycles. The summed E-state index contributed by atoms with van der Waals surface area (Å²) in [6.07, 6.45) is 2.17. The smallest absolute Gasteiger partial charge is 0.269 e. The molecule has 34 heavy (non-hydrogen) atoms. The molecule has 1 aliphatic heterocycles. The van der Waals surface area contributed by atoms with Crippen LogP contribution in [0.2, 0.25) is 0 Å². The number of rotatable bonds is 5. The second kappa shape index (κ2) is 8.16. The number of nitrogens with zero attached hydrogens (tertiary/aromatic N) is 5. The fraction of sp³-hybridized carbons (Fsp3) is 0.360. The molecule has 9 nitrogen and oxygen atoms in total. The van der Waals surface area contributed by atoms with Crippen LogP contribution >= 0.6 is 0 Å². The van der Waals surface area contributed by atoms with Crippen LogP contribution in [0.1, 0.15) is 23.8 Å². The van der Waals surface area contributed by atoms with Gasteiger partial charge in [0.15, 0.2) is 0 Å². The van der Waals surface area contributed by atoms with Gasteiger partial charge in [-0.05, 0) is 25.1 Å². The van der Waals surface area contributed by atoms with Crippen LogP contribution in [0.4, 0.5) is 0 Å². The average molecular weight is 461 g/mol. The third-order valence-corrected chi connectivity index (χ3v) is 6.52. The molecule has 0 saturated carbocycles. The van der Waals surface area contributed by atoms with Gasteiger partial charge >= 0.3 is 0 Å². The topological polar surface area (TPSA) is 94.3 Å². The maximum atomic E-state index is 12.6. The van der Waals surface area contributed by atoms with Crippen molar-refractivity contribution in [3.05, 3.63) is 42.2 Å². The molecule has 1 fully saturated rings. The number of hydrogen-bond donors (Lipinski definition) is 1. The molecule has 1 unspecified atom stereocenters. The molecule has 2 atom stereocenters. The molecule has 1 saturated heterocycles. The van der Waals surface area contributed by atoms with Gasteiger partial charge in [-0.3, -0.25) is 14.3 Å². The van der Waals surface area contributed by atoms with E-state index in [9.17, 15) is 9.59 Å². The van der Waals surface area contributed by atoms with Crippen molar-refractivity contribution in [2.24, 2.45) is 20.0 Å². The van der Waals surface area contributed by atoms with Gasteiger partial charge < -0.3 is 19.5 Å². The van der Waals surface area contributed by atoms with Crippen LogP contribution < -0.4 is 10.1 Å². The number of hydrogen-bond acceptors (Lipinski definition) is 5. The molecule has 9 heteroatoms. The number of amides is 2. The zero-order valence-corrected chi connectivity index (χ0v) is 20.0. The first kappa shape index (κ1) is 21.9. The molecular formula is C25H28N6O3. The molecule has 4 aromatic rings. The number of ether oxygens (including phenoxy) is 1. The van der Waals surface area contributed by atoms with E-state index in [1.165, 1.54) is 0 Å². The summed E-state index contributed by atoms with van der Waals surface area (Å²) in [6.45, 7) is 2.58. The molecule has 5 rings (SSSR count). The maximum absolute atomic E-state index is 12.6. The third-order valence-electron chi connectivity index (χ3n) is 6.52. The number of nitrogens with one attached hydrogen (secondary N) is 1. The zero-order chi connectivity index (χ0) is 24.1. The van der Waals surface area contributed by atoms with Gasteiger partial charge in [-0.25, -0.2) is 4.98 Å². The Morgan fingerprint density at radius 2 is 2.03 bits per heavy atom. The SMILES string of the molecule is CC(Oc1nc(-c2ccc3cc(C(=O)N(C)C)n(C)c3c2)cc2nn(C)cc12)[C@H]1CNC(=O)C1. The number of aromatic nitrogens is 4. The summed E-state index contributed by atoms with van der Waals surface area (Å²) in [7, 11) is 7.26. The molecule has 1 N–H and O–H groups in total. The predicted octanol–water partition coefficient (Wildman–Crippen LogP) is 2.73. The van der Waals surface area contributed by atoms with Gasteiger partial charge in [0.1, 0.15) is 11.8 Å². The second-order valence-electron chi connectivity index (χ2n) is 9.20. The van der Waals surface area contributed by atoms with E-state index in [1.807, 2.05) is 62.1 Å². The van der Waals surface area contributed by atoms with Crippen molar-refractivity contribution in [3.63, 3.8) is 0 Å². The van der Waals surface area contributed by atoms with E-state index >= 15 is 0 Å². The summed E-state index contributed by atoms with van der Waals surface area (Å²) in [5, 5.41) is 9.26. The lowest BCUT2D eigenvalue weighted by Gasteiger charge is -2.19. The Labute approximate surface area is 197 Å². The van der Waals surface area contributed by atoms with Gasteiger partial charge in [0, 0.05) is 69.7 Å². The summed E-state index contributed by atoms with van der Waals surface area (Å²) in [5.41, 5.74) is 3.99. The van der Waals surface area contributed by atoms with Crippen molar-refractivity contribution in [2.45, 2.75) is 19.4 Å². The van der Waals surface area contributed by atoms with Gasteiger partial charge in [-0.15, -0.1) is 0 Å². The molecule has 3 aromatic heterocycles. The minimum Gasteiger partial charge on any atom is -0.474 e. The molecule has 0 radical (unpaired) electrons. The third kappa shape index (κ3) is 3.76. The quantitative estimate of drug-likeness (QED) is 0.494. The van der Waals surface area contributed by atoms with Gasteiger partial charge in [0.25, 0.3) is 5.91 Å². The van der Waals surface area contributed by atoms with Crippen molar-refractivity contribution in [3.8, 4) is 17.1 Å². The van der Waals surface area contributed by atoms with E-state index in [-0.39, 0.29) is 23.8 Å². The first-order valence-corrected chi connectivity index (χ1v) is 11.3. The highest BCUT2D eigenvalue weighted by molar-refractivity contribution is 5.99. The Hall–Kier alpha value is -3.88. The van der Waals surface area contributed by atoms with Crippen molar-refractivity contribution in [1.29, 1.82) is 0 Å². The highest BCUT2D eigenvalue weighted by Gasteiger charge is 2.29. The number of carbonyl (C=O) groups is 2. The van der Waals surface area contributed by atoms with Crippen LogP contribution in [-0.4, -0.2) is 62.8 Å². The molecule has 2 amide bonds. The van der Waals surface area contributed by atoms with Gasteiger partial charge in [-0.1, -0.05) is 12.1 Å². The Morgan fingerprint density at radius 3 is 2.74 bits per heavy atom. The van der Waals surface area contributed by atoms with E-state index < -0.39 is 0 Å². The van der Waals surface area contributed by atoms with Crippen molar-refractivity contribution >= 4 is 33.6 Å². The van der Waals surface area contributed by atoms with Gasteiger partial charge in [0.2, 0.25) is 11.8 Å². The van der Waals surface area contributed by atoms with Crippen molar-refractivity contribution in [2.75, 3.05) is 20.6 Å². The van der Waals surface area contributed by atoms with E-state index in [2.05, 4.69) is 10.4 Å². The zero-order valence-electron chi connectivity index (χ0n) is 20.0. The lowest BCUT2D eigenvalue weighted by molar-refractivity contribution is -0.119. The molecule has 1 aliphatic rings. The van der Waals surface area contributed by atoms with Crippen LogP contribution in [0.3, 0.4) is 0 Å². The predicted molar refractivity (Wildman–Crippen MR) is 130 cm³/mol. The summed E-state index contributed by atoms with van der Waals surface area (Å²) >= 11 is 0. The van der Waals surface area contributed by atoms with E-state index in [0.717, 1.165) is 33.1 Å². The van der Waals surface area contributed by atoms with Crippen molar-refractivity contribution in [1.82, 2.24) is 29.5 Å². The molecule has 0 aliphatic carbocycles. The number of aryl methyl sites for hydroxylation is 2. The Morgan fingerprint density at radius 1 is 1.24 bits per heavy atom. The summed E-state index contributed by atoms with van der Waals surface area (Å²) < 4.78 is 9.95. The highest BCUT2D eigenvalue weighted by atomic mass is 16.5. The summed E-state index contributed by atoms with van der Waals surface area (Å²) in [6, 6.07) is 9.88. The number of fused-ring (bicyclic) bond motifs is 2. The lowest BCUT2D eigenvalue weighted by Crippen LogP contribution is -2.26. The lowest BCUT2D eigenvalue weighted by atomic mass is 10.0. The molecule has 176 valence electrons. The Balaban J connectivity index is 1.56. The largest absolute Gasteiger partial charge is 0.474 e. The van der Waals surface area contributed by atoms with Crippen LogP contribution in [0, 0.1) is 5.92 Å². The van der Waals surface area contributed by atoms with Crippen LogP contribution in [0.5, 0.6) is 5.88 Å². The number of pyridine rings is 1. The molecular weight excluding hydrogens is 432 g/mol. The van der Waals surface area contributed by atoms with Gasteiger partial charge in [0.05, 0.1) is 16.6 Å². The minimum atomic E-state index is -0.180. The average Bonchev–Trinajstić information content (AvgIpc) is 3.49. The Kier molecular flexibility index (Phi) is 5.27. The molecule has 0 spiro atoms. The van der Waals surface area contributed by atoms with Crippen LogP contribution in [0.15, 0.2) is 36.5 Å². The molecule has 1 aromatic carbocycles. The number of carbonyl (C=O) groups excluding carboxylic acids is 2. The fourth-order valence-electron chi connectivity index (χ4n) is 4.50. The van der Waals surface area contributed by atoms with Crippen LogP contribution in [-0.2, 0) is 18.9 Å². The summed E-state index contributed by atoms with van der Waals surface area (Å²) in [4.78, 5) is 30.6. The number of benzene rings is 1. The second-order valence-corrected chi connectivity index (χ2v) is 9.20. The molecule has 0 bridgehead atoms. The Bertz CT molecular complexity index is 1430. The first-order valence-electron chi connectivity index (χ1n) is 11.3. The first-order chi connectivity index (χ1) is 16.2.